The molecule has 3 aliphatic rings. The predicted octanol–water partition coefficient (Wildman–Crippen LogP) is -0.531. The Morgan fingerprint density at radius 3 is 1.74 bits per heavy atom. The van der Waals surface area contributed by atoms with Gasteiger partial charge in [0.15, 0.2) is 18.4 Å². The third kappa shape index (κ3) is 4.02. The van der Waals surface area contributed by atoms with Crippen LogP contribution in [0.4, 0.5) is 0 Å². The molecule has 0 aliphatic carbocycles. The van der Waals surface area contributed by atoms with Crippen molar-refractivity contribution in [3.05, 3.63) is 0 Å². The molecule has 3 aliphatic heterocycles. The molecule has 0 radical (unpaired) electrons. The fourth-order valence-electron chi connectivity index (χ4n) is 2.96. The monoisotopic (exact) mass is 336 g/mol. The summed E-state index contributed by atoms with van der Waals surface area (Å²) >= 11 is 0. The molecule has 0 aromatic carbocycles. The summed E-state index contributed by atoms with van der Waals surface area (Å²) in [5.74, 6) is -0.630. The van der Waals surface area contributed by atoms with E-state index in [-0.39, 0.29) is 12.2 Å². The van der Waals surface area contributed by atoms with Gasteiger partial charge in [0.1, 0.15) is 24.4 Å². The summed E-state index contributed by atoms with van der Waals surface area (Å²) in [5, 5.41) is 36.6. The first-order chi connectivity index (χ1) is 10.7. The second-order valence-corrected chi connectivity index (χ2v) is 6.50. The number of hydrogen-bond donors (Lipinski definition) is 4. The second-order valence-electron chi connectivity index (χ2n) is 6.50. The van der Waals surface area contributed by atoms with Crippen LogP contribution in [0.25, 0.3) is 0 Å². The third-order valence-electron chi connectivity index (χ3n) is 4.26. The van der Waals surface area contributed by atoms with Crippen molar-refractivity contribution in [2.45, 2.75) is 95.5 Å². The zero-order valence-electron chi connectivity index (χ0n) is 14.0. The Balaban J connectivity index is 0.000000174. The molecular formula is C15H28O8. The number of ether oxygens (including phenoxy) is 4. The van der Waals surface area contributed by atoms with Crippen molar-refractivity contribution in [1.29, 1.82) is 0 Å². The van der Waals surface area contributed by atoms with Crippen molar-refractivity contribution < 1.29 is 39.4 Å². The summed E-state index contributed by atoms with van der Waals surface area (Å²) in [6, 6.07) is 0. The average Bonchev–Trinajstić information content (AvgIpc) is 3.05. The molecular weight excluding hydrogens is 308 g/mol. The molecule has 3 rings (SSSR count). The summed E-state index contributed by atoms with van der Waals surface area (Å²) in [5.41, 5.74) is 0. The van der Waals surface area contributed by atoms with Gasteiger partial charge < -0.3 is 39.4 Å². The van der Waals surface area contributed by atoms with Gasteiger partial charge in [0, 0.05) is 0 Å². The Morgan fingerprint density at radius 2 is 1.35 bits per heavy atom. The highest BCUT2D eigenvalue weighted by Gasteiger charge is 2.53. The molecule has 0 spiro atoms. The minimum absolute atomic E-state index is 0.147. The van der Waals surface area contributed by atoms with E-state index >= 15 is 0 Å². The number of aliphatic hydroxyl groups excluding tert-OH is 4. The lowest BCUT2D eigenvalue weighted by molar-refractivity contribution is -0.214. The minimum Gasteiger partial charge on any atom is -0.387 e. The van der Waals surface area contributed by atoms with E-state index in [0.29, 0.717) is 6.42 Å². The van der Waals surface area contributed by atoms with Gasteiger partial charge >= 0.3 is 0 Å². The van der Waals surface area contributed by atoms with E-state index in [4.69, 9.17) is 34.3 Å². The summed E-state index contributed by atoms with van der Waals surface area (Å²) in [7, 11) is 0. The van der Waals surface area contributed by atoms with Crippen molar-refractivity contribution in [2.24, 2.45) is 0 Å². The van der Waals surface area contributed by atoms with Gasteiger partial charge in [-0.2, -0.15) is 0 Å². The summed E-state index contributed by atoms with van der Waals surface area (Å²) < 4.78 is 21.3. The van der Waals surface area contributed by atoms with Crippen molar-refractivity contribution in [1.82, 2.24) is 0 Å². The largest absolute Gasteiger partial charge is 0.387 e. The molecule has 0 amide bonds. The van der Waals surface area contributed by atoms with E-state index in [1.807, 2.05) is 27.7 Å². The summed E-state index contributed by atoms with van der Waals surface area (Å²) in [6.45, 7) is 7.43. The van der Waals surface area contributed by atoms with Crippen molar-refractivity contribution in [2.75, 3.05) is 0 Å². The first-order valence-corrected chi connectivity index (χ1v) is 8.09. The molecule has 8 heteroatoms. The maximum Gasteiger partial charge on any atom is 0.190 e. The molecule has 0 aromatic heterocycles. The molecule has 8 nitrogen and oxygen atoms in total. The van der Waals surface area contributed by atoms with E-state index < -0.39 is 42.8 Å². The molecule has 8 atom stereocenters. The van der Waals surface area contributed by atoms with Crippen molar-refractivity contribution in [3.63, 3.8) is 0 Å². The fraction of sp³-hybridized carbons (Fsp3) is 1.00. The van der Waals surface area contributed by atoms with E-state index in [1.54, 1.807) is 0 Å². The maximum atomic E-state index is 9.76. The lowest BCUT2D eigenvalue weighted by Crippen LogP contribution is -2.34. The van der Waals surface area contributed by atoms with Gasteiger partial charge in [-0.1, -0.05) is 13.8 Å². The molecule has 3 fully saturated rings. The zero-order chi connectivity index (χ0) is 17.4. The third-order valence-corrected chi connectivity index (χ3v) is 4.26. The van der Waals surface area contributed by atoms with Crippen LogP contribution in [0.3, 0.4) is 0 Å². The first kappa shape index (κ1) is 19.0. The number of hydrogen-bond acceptors (Lipinski definition) is 8. The number of rotatable bonds is 2. The van der Waals surface area contributed by atoms with Gasteiger partial charge in [-0.25, -0.2) is 0 Å². The number of aliphatic hydroxyl groups is 4. The quantitative estimate of drug-likeness (QED) is 0.531. The average molecular weight is 336 g/mol. The molecule has 0 bridgehead atoms. The van der Waals surface area contributed by atoms with Crippen molar-refractivity contribution >= 4 is 0 Å². The highest BCUT2D eigenvalue weighted by atomic mass is 16.8. The molecule has 2 unspecified atom stereocenters. The van der Waals surface area contributed by atoms with Crippen LogP contribution < -0.4 is 0 Å². The van der Waals surface area contributed by atoms with Crippen LogP contribution in [-0.4, -0.2) is 75.4 Å². The Kier molecular flexibility index (Phi) is 6.02. The Morgan fingerprint density at radius 1 is 0.783 bits per heavy atom. The standard InChI is InChI=1S/C9H16O4.C6H12O4/c1-4-5-6(10)7-8(11-5)13-9(2,3)12-7;1-2-3-4(7)5(8)6(9)10-3/h5-8,10H,4H2,1-3H3;3-9H,2H2,1H3/t5-,6?,7+,8+;3-,4?,5-,6-/m11/s1. The molecule has 0 saturated carbocycles. The minimum atomic E-state index is -1.22. The lowest BCUT2D eigenvalue weighted by Gasteiger charge is -2.22. The first-order valence-electron chi connectivity index (χ1n) is 8.09. The van der Waals surface area contributed by atoms with E-state index in [9.17, 15) is 5.11 Å². The molecule has 4 N–H and O–H groups in total. The van der Waals surface area contributed by atoms with Crippen molar-refractivity contribution in [3.8, 4) is 0 Å². The number of fused-ring (bicyclic) bond motifs is 1. The van der Waals surface area contributed by atoms with Gasteiger partial charge in [0.2, 0.25) is 0 Å². The van der Waals surface area contributed by atoms with Crippen LogP contribution in [-0.2, 0) is 18.9 Å². The van der Waals surface area contributed by atoms with Crippen LogP contribution in [0, 0.1) is 0 Å². The molecule has 23 heavy (non-hydrogen) atoms. The Bertz CT molecular complexity index is 390. The fourth-order valence-corrected chi connectivity index (χ4v) is 2.96. The molecule has 136 valence electrons. The second kappa shape index (κ2) is 7.28. The molecule has 0 aromatic rings. The lowest BCUT2D eigenvalue weighted by atomic mass is 10.1. The smallest absolute Gasteiger partial charge is 0.190 e. The molecule has 3 heterocycles. The Labute approximate surface area is 135 Å². The van der Waals surface area contributed by atoms with E-state index in [0.717, 1.165) is 6.42 Å². The van der Waals surface area contributed by atoms with Crippen LogP contribution in [0.1, 0.15) is 40.5 Å². The van der Waals surface area contributed by atoms with E-state index in [1.165, 1.54) is 0 Å². The van der Waals surface area contributed by atoms with Crippen LogP contribution in [0.5, 0.6) is 0 Å². The molecule has 3 saturated heterocycles. The van der Waals surface area contributed by atoms with Crippen LogP contribution in [0.15, 0.2) is 0 Å². The van der Waals surface area contributed by atoms with Crippen LogP contribution >= 0.6 is 0 Å². The predicted molar refractivity (Wildman–Crippen MR) is 78.2 cm³/mol. The highest BCUT2D eigenvalue weighted by molar-refractivity contribution is 4.92. The summed E-state index contributed by atoms with van der Waals surface area (Å²) in [4.78, 5) is 0. The zero-order valence-corrected chi connectivity index (χ0v) is 14.0. The van der Waals surface area contributed by atoms with Gasteiger partial charge in [0.25, 0.3) is 0 Å². The van der Waals surface area contributed by atoms with Gasteiger partial charge in [-0.3, -0.25) is 0 Å². The van der Waals surface area contributed by atoms with Gasteiger partial charge in [-0.15, -0.1) is 0 Å². The van der Waals surface area contributed by atoms with E-state index in [2.05, 4.69) is 0 Å². The summed E-state index contributed by atoms with van der Waals surface area (Å²) in [6.07, 6.45) is -3.79. The highest BCUT2D eigenvalue weighted by Crippen LogP contribution is 2.37. The normalized spacial score (nSPS) is 48.0. The van der Waals surface area contributed by atoms with Gasteiger partial charge in [-0.05, 0) is 26.7 Å². The topological polar surface area (TPSA) is 118 Å². The van der Waals surface area contributed by atoms with Gasteiger partial charge in [0.05, 0.1) is 12.2 Å². The SMILES string of the molecule is CC[C@H]1O[C@@H](O)[C@H](O)C1O.CC[C@H]1O[C@H]2OC(C)(C)O[C@H]2C1O. The maximum absolute atomic E-state index is 9.76. The van der Waals surface area contributed by atoms with Crippen LogP contribution in [0.2, 0.25) is 0 Å². The Hall–Kier alpha value is -0.320.